The van der Waals surface area contributed by atoms with Crippen LogP contribution in [0.3, 0.4) is 0 Å². The second-order valence-corrected chi connectivity index (χ2v) is 4.96. The van der Waals surface area contributed by atoms with E-state index in [0.717, 1.165) is 23.5 Å². The summed E-state index contributed by atoms with van der Waals surface area (Å²) in [5, 5.41) is 3.50. The van der Waals surface area contributed by atoms with Crippen LogP contribution in [-0.4, -0.2) is 13.2 Å². The van der Waals surface area contributed by atoms with Gasteiger partial charge in [0.2, 0.25) is 0 Å². The molecule has 3 heteroatoms. The molecular weight excluding hydrogens is 236 g/mol. The van der Waals surface area contributed by atoms with Crippen molar-refractivity contribution in [2.45, 2.75) is 18.4 Å². The van der Waals surface area contributed by atoms with Gasteiger partial charge < -0.3 is 15.8 Å². The van der Waals surface area contributed by atoms with Gasteiger partial charge in [-0.15, -0.1) is 0 Å². The van der Waals surface area contributed by atoms with E-state index in [9.17, 15) is 0 Å². The Morgan fingerprint density at radius 2 is 1.95 bits per heavy atom. The van der Waals surface area contributed by atoms with Crippen LogP contribution < -0.4 is 15.8 Å². The predicted octanol–water partition coefficient (Wildman–Crippen LogP) is 3.25. The number of ether oxygens (including phenoxy) is 1. The van der Waals surface area contributed by atoms with Crippen LogP contribution in [0.15, 0.2) is 48.5 Å². The van der Waals surface area contributed by atoms with Gasteiger partial charge in [0, 0.05) is 18.0 Å². The number of hydrogen-bond donors (Lipinski definition) is 2. The van der Waals surface area contributed by atoms with E-state index in [0.29, 0.717) is 12.0 Å². The van der Waals surface area contributed by atoms with E-state index in [1.165, 1.54) is 5.56 Å². The van der Waals surface area contributed by atoms with E-state index in [1.807, 2.05) is 24.3 Å². The van der Waals surface area contributed by atoms with Crippen molar-refractivity contribution in [2.24, 2.45) is 0 Å². The zero-order valence-electron chi connectivity index (χ0n) is 11.0. The summed E-state index contributed by atoms with van der Waals surface area (Å²) >= 11 is 0. The molecule has 98 valence electrons. The Bertz CT molecular complexity index is 568. The normalized spacial score (nSPS) is 20.9. The molecule has 0 spiro atoms. The molecule has 1 aliphatic carbocycles. The smallest absolute Gasteiger partial charge is 0.121 e. The number of hydrogen-bond acceptors (Lipinski definition) is 3. The summed E-state index contributed by atoms with van der Waals surface area (Å²) in [6, 6.07) is 16.8. The van der Waals surface area contributed by atoms with Crippen molar-refractivity contribution in [1.82, 2.24) is 0 Å². The molecule has 2 aromatic rings. The zero-order chi connectivity index (χ0) is 13.2. The molecule has 0 bridgehead atoms. The molecule has 2 atom stereocenters. The van der Waals surface area contributed by atoms with Gasteiger partial charge in [0.25, 0.3) is 0 Å². The topological polar surface area (TPSA) is 47.3 Å². The molecule has 0 aliphatic heterocycles. The lowest BCUT2D eigenvalue weighted by molar-refractivity contribution is 0.415. The molecule has 0 amide bonds. The van der Waals surface area contributed by atoms with Crippen LogP contribution in [0, 0.1) is 0 Å². The number of anilines is 2. The van der Waals surface area contributed by atoms with E-state index in [-0.39, 0.29) is 0 Å². The summed E-state index contributed by atoms with van der Waals surface area (Å²) in [6.07, 6.45) is 1.15. The van der Waals surface area contributed by atoms with Gasteiger partial charge in [-0.05, 0) is 24.1 Å². The first kappa shape index (κ1) is 11.9. The SMILES string of the molecule is COc1ccc(N)c(NC2CC2c2ccccc2)c1. The molecule has 0 heterocycles. The Hall–Kier alpha value is -2.16. The second kappa shape index (κ2) is 4.84. The third kappa shape index (κ3) is 2.50. The highest BCUT2D eigenvalue weighted by Gasteiger charge is 2.38. The van der Waals surface area contributed by atoms with Crippen molar-refractivity contribution < 1.29 is 4.74 Å². The molecule has 3 N–H and O–H groups in total. The van der Waals surface area contributed by atoms with Gasteiger partial charge in [0.1, 0.15) is 5.75 Å². The van der Waals surface area contributed by atoms with Crippen LogP contribution in [0.5, 0.6) is 5.75 Å². The van der Waals surface area contributed by atoms with E-state index < -0.39 is 0 Å². The van der Waals surface area contributed by atoms with Gasteiger partial charge in [-0.1, -0.05) is 30.3 Å². The maximum Gasteiger partial charge on any atom is 0.121 e. The minimum atomic E-state index is 0.469. The van der Waals surface area contributed by atoms with Crippen LogP contribution >= 0.6 is 0 Å². The third-order valence-corrected chi connectivity index (χ3v) is 3.62. The van der Waals surface area contributed by atoms with Crippen LogP contribution in [0.4, 0.5) is 11.4 Å². The first-order chi connectivity index (χ1) is 9.28. The average Bonchev–Trinajstić information content (AvgIpc) is 3.21. The van der Waals surface area contributed by atoms with Crippen LogP contribution in [0.2, 0.25) is 0 Å². The number of nitrogen functional groups attached to an aromatic ring is 1. The summed E-state index contributed by atoms with van der Waals surface area (Å²) in [5.41, 5.74) is 9.10. The van der Waals surface area contributed by atoms with Crippen molar-refractivity contribution >= 4 is 11.4 Å². The monoisotopic (exact) mass is 254 g/mol. The van der Waals surface area contributed by atoms with Gasteiger partial charge in [-0.3, -0.25) is 0 Å². The highest BCUT2D eigenvalue weighted by molar-refractivity contribution is 5.69. The number of nitrogens with two attached hydrogens (primary N) is 1. The first-order valence-corrected chi connectivity index (χ1v) is 6.53. The second-order valence-electron chi connectivity index (χ2n) is 4.96. The Kier molecular flexibility index (Phi) is 3.03. The fourth-order valence-corrected chi connectivity index (χ4v) is 2.41. The third-order valence-electron chi connectivity index (χ3n) is 3.62. The summed E-state index contributed by atoms with van der Waals surface area (Å²) in [5.74, 6) is 1.42. The molecule has 3 nitrogen and oxygen atoms in total. The molecule has 2 aromatic carbocycles. The fraction of sp³-hybridized carbons (Fsp3) is 0.250. The maximum atomic E-state index is 5.99. The molecule has 0 radical (unpaired) electrons. The lowest BCUT2D eigenvalue weighted by atomic mass is 10.1. The lowest BCUT2D eigenvalue weighted by Gasteiger charge is -2.11. The van der Waals surface area contributed by atoms with Crippen LogP contribution in [0.25, 0.3) is 0 Å². The van der Waals surface area contributed by atoms with Crippen molar-refractivity contribution in [3.63, 3.8) is 0 Å². The summed E-state index contributed by atoms with van der Waals surface area (Å²) in [4.78, 5) is 0. The standard InChI is InChI=1S/C16H18N2O/c1-19-12-7-8-14(17)16(9-12)18-15-10-13(15)11-5-3-2-4-6-11/h2-9,13,15,18H,10,17H2,1H3. The summed E-state index contributed by atoms with van der Waals surface area (Å²) in [7, 11) is 1.67. The highest BCUT2D eigenvalue weighted by Crippen LogP contribution is 2.43. The quantitative estimate of drug-likeness (QED) is 0.823. The Morgan fingerprint density at radius 1 is 1.16 bits per heavy atom. The van der Waals surface area contributed by atoms with Gasteiger partial charge in [0.05, 0.1) is 18.5 Å². The number of rotatable bonds is 4. The van der Waals surface area contributed by atoms with E-state index in [4.69, 9.17) is 10.5 Å². The number of nitrogens with one attached hydrogen (secondary N) is 1. The van der Waals surface area contributed by atoms with E-state index >= 15 is 0 Å². The molecular formula is C16H18N2O. The first-order valence-electron chi connectivity index (χ1n) is 6.53. The lowest BCUT2D eigenvalue weighted by Crippen LogP contribution is -2.06. The Morgan fingerprint density at radius 3 is 2.68 bits per heavy atom. The van der Waals surface area contributed by atoms with Gasteiger partial charge >= 0.3 is 0 Å². The molecule has 1 fully saturated rings. The van der Waals surface area contributed by atoms with E-state index in [1.54, 1.807) is 7.11 Å². The fourth-order valence-electron chi connectivity index (χ4n) is 2.41. The van der Waals surface area contributed by atoms with Crippen molar-refractivity contribution in [3.05, 3.63) is 54.1 Å². The molecule has 19 heavy (non-hydrogen) atoms. The predicted molar refractivity (Wildman–Crippen MR) is 78.6 cm³/mol. The number of benzene rings is 2. The van der Waals surface area contributed by atoms with Crippen molar-refractivity contribution in [3.8, 4) is 5.75 Å². The van der Waals surface area contributed by atoms with E-state index in [2.05, 4.69) is 29.6 Å². The molecule has 0 saturated heterocycles. The largest absolute Gasteiger partial charge is 0.497 e. The summed E-state index contributed by atoms with van der Waals surface area (Å²) in [6.45, 7) is 0. The minimum absolute atomic E-state index is 0.469. The average molecular weight is 254 g/mol. The molecule has 2 unspecified atom stereocenters. The molecule has 3 rings (SSSR count). The molecule has 0 aromatic heterocycles. The highest BCUT2D eigenvalue weighted by atomic mass is 16.5. The van der Waals surface area contributed by atoms with Crippen molar-refractivity contribution in [1.29, 1.82) is 0 Å². The molecule has 1 aliphatic rings. The Balaban J connectivity index is 1.71. The van der Waals surface area contributed by atoms with Crippen LogP contribution in [0.1, 0.15) is 17.9 Å². The van der Waals surface area contributed by atoms with Gasteiger partial charge in [-0.25, -0.2) is 0 Å². The maximum absolute atomic E-state index is 5.99. The summed E-state index contributed by atoms with van der Waals surface area (Å²) < 4.78 is 5.23. The Labute approximate surface area is 113 Å². The van der Waals surface area contributed by atoms with Gasteiger partial charge in [-0.2, -0.15) is 0 Å². The number of methoxy groups -OCH3 is 1. The zero-order valence-corrected chi connectivity index (χ0v) is 11.0. The minimum Gasteiger partial charge on any atom is -0.497 e. The van der Waals surface area contributed by atoms with Gasteiger partial charge in [0.15, 0.2) is 0 Å². The van der Waals surface area contributed by atoms with Crippen LogP contribution in [-0.2, 0) is 0 Å². The van der Waals surface area contributed by atoms with Crippen molar-refractivity contribution in [2.75, 3.05) is 18.2 Å². The molecule has 1 saturated carbocycles.